The zero-order chi connectivity index (χ0) is 16.8. The molecule has 24 heavy (non-hydrogen) atoms. The van der Waals surface area contributed by atoms with Crippen molar-refractivity contribution >= 4 is 12.6 Å². The molecule has 0 aliphatic rings. The van der Waals surface area contributed by atoms with Gasteiger partial charge in [-0.2, -0.15) is 0 Å². The first kappa shape index (κ1) is 15.5. The van der Waals surface area contributed by atoms with Gasteiger partial charge in [-0.25, -0.2) is 0 Å². The largest absolute Gasteiger partial charge is 0.457 e. The normalized spacial score (nSPS) is 10.0. The van der Waals surface area contributed by atoms with E-state index in [1.807, 2.05) is 18.6 Å². The first-order chi connectivity index (χ1) is 11.8. The molecule has 0 unspecified atom stereocenters. The standard InChI is InChI=1S/C20H12O4/c21-13-15-4-8-17(9-5-15)23-19-2-1-3-20(12-19)24-18-10-6-16(14-22)7-11-18/h1-12H. The Hall–Kier alpha value is -3.40. The molecule has 0 spiro atoms. The van der Waals surface area contributed by atoms with Gasteiger partial charge in [-0.3, -0.25) is 9.59 Å². The van der Waals surface area contributed by atoms with Crippen molar-refractivity contribution < 1.29 is 19.1 Å². The predicted molar refractivity (Wildman–Crippen MR) is 89.1 cm³/mol. The molecule has 4 nitrogen and oxygen atoms in total. The van der Waals surface area contributed by atoms with Crippen LogP contribution in [-0.4, -0.2) is 12.6 Å². The zero-order valence-corrected chi connectivity index (χ0v) is 12.6. The summed E-state index contributed by atoms with van der Waals surface area (Å²) in [5, 5.41) is 0. The van der Waals surface area contributed by atoms with Crippen LogP contribution >= 0.6 is 0 Å². The SMILES string of the molecule is O=[C]c1ccc(Oc2cccc(Oc3ccc([C]=O)cc3)c2)cc1. The van der Waals surface area contributed by atoms with E-state index >= 15 is 0 Å². The predicted octanol–water partition coefficient (Wildman–Crippen LogP) is 4.19. The van der Waals surface area contributed by atoms with Gasteiger partial charge in [0.1, 0.15) is 23.0 Å². The summed E-state index contributed by atoms with van der Waals surface area (Å²) in [6.45, 7) is 0. The first-order valence-corrected chi connectivity index (χ1v) is 7.19. The van der Waals surface area contributed by atoms with Crippen molar-refractivity contribution in [1.29, 1.82) is 0 Å². The average Bonchev–Trinajstić information content (AvgIpc) is 2.63. The molecule has 0 bridgehead atoms. The van der Waals surface area contributed by atoms with E-state index in [2.05, 4.69) is 0 Å². The van der Waals surface area contributed by atoms with Crippen LogP contribution < -0.4 is 9.47 Å². The number of rotatable bonds is 6. The highest BCUT2D eigenvalue weighted by Crippen LogP contribution is 2.28. The van der Waals surface area contributed by atoms with Crippen LogP contribution in [0.2, 0.25) is 0 Å². The van der Waals surface area contributed by atoms with Crippen molar-refractivity contribution in [3.05, 3.63) is 83.9 Å². The van der Waals surface area contributed by atoms with E-state index < -0.39 is 0 Å². The fourth-order valence-corrected chi connectivity index (χ4v) is 2.06. The zero-order valence-electron chi connectivity index (χ0n) is 12.6. The molecule has 0 aromatic heterocycles. The van der Waals surface area contributed by atoms with Crippen molar-refractivity contribution in [1.82, 2.24) is 0 Å². The van der Waals surface area contributed by atoms with Crippen LogP contribution in [0.3, 0.4) is 0 Å². The van der Waals surface area contributed by atoms with Gasteiger partial charge >= 0.3 is 0 Å². The van der Waals surface area contributed by atoms with E-state index in [9.17, 15) is 9.59 Å². The molecule has 4 heteroatoms. The molecule has 116 valence electrons. The Labute approximate surface area is 139 Å². The molecule has 3 aromatic carbocycles. The quantitative estimate of drug-likeness (QED) is 0.684. The third-order valence-corrected chi connectivity index (χ3v) is 3.22. The lowest BCUT2D eigenvalue weighted by atomic mass is 10.2. The van der Waals surface area contributed by atoms with E-state index in [-0.39, 0.29) is 0 Å². The van der Waals surface area contributed by atoms with E-state index in [1.54, 1.807) is 66.7 Å². The maximum atomic E-state index is 10.5. The van der Waals surface area contributed by atoms with Crippen molar-refractivity contribution in [3.8, 4) is 23.0 Å². The Morgan fingerprint density at radius 2 is 0.958 bits per heavy atom. The highest BCUT2D eigenvalue weighted by molar-refractivity contribution is 5.75. The van der Waals surface area contributed by atoms with Crippen LogP contribution in [0.1, 0.15) is 11.1 Å². The first-order valence-electron chi connectivity index (χ1n) is 7.19. The third-order valence-electron chi connectivity index (χ3n) is 3.22. The number of carbonyl (C=O) groups excluding carboxylic acids is 2. The fourth-order valence-electron chi connectivity index (χ4n) is 2.06. The van der Waals surface area contributed by atoms with E-state index in [4.69, 9.17) is 9.47 Å². The summed E-state index contributed by atoms with van der Waals surface area (Å²) in [5.41, 5.74) is 0.936. The Bertz CT molecular complexity index is 768. The molecule has 0 fully saturated rings. The van der Waals surface area contributed by atoms with Crippen molar-refractivity contribution in [2.45, 2.75) is 0 Å². The van der Waals surface area contributed by atoms with Gasteiger partial charge in [0.15, 0.2) is 0 Å². The summed E-state index contributed by atoms with van der Waals surface area (Å²) in [4.78, 5) is 21.1. The van der Waals surface area contributed by atoms with Gasteiger partial charge in [-0.15, -0.1) is 0 Å². The summed E-state index contributed by atoms with van der Waals surface area (Å²) in [6.07, 6.45) is 3.63. The number of benzene rings is 3. The van der Waals surface area contributed by atoms with Crippen molar-refractivity contribution in [3.63, 3.8) is 0 Å². The molecule has 0 atom stereocenters. The van der Waals surface area contributed by atoms with Gasteiger partial charge < -0.3 is 9.47 Å². The van der Waals surface area contributed by atoms with Gasteiger partial charge in [0, 0.05) is 17.2 Å². The average molecular weight is 316 g/mol. The van der Waals surface area contributed by atoms with E-state index in [0.717, 1.165) is 0 Å². The molecule has 0 heterocycles. The van der Waals surface area contributed by atoms with E-state index in [0.29, 0.717) is 34.1 Å². The molecule has 0 N–H and O–H groups in total. The van der Waals surface area contributed by atoms with Crippen molar-refractivity contribution in [2.75, 3.05) is 0 Å². The number of hydrogen-bond acceptors (Lipinski definition) is 4. The van der Waals surface area contributed by atoms with Gasteiger partial charge in [0.25, 0.3) is 0 Å². The van der Waals surface area contributed by atoms with Gasteiger partial charge in [0.2, 0.25) is 12.6 Å². The third kappa shape index (κ3) is 3.87. The second-order valence-electron chi connectivity index (χ2n) is 4.93. The summed E-state index contributed by atoms with van der Waals surface area (Å²) < 4.78 is 11.5. The second kappa shape index (κ2) is 7.24. The molecular formula is C20H12O4. The molecule has 0 saturated heterocycles. The summed E-state index contributed by atoms with van der Waals surface area (Å²) in [7, 11) is 0. The molecule has 3 rings (SSSR count). The van der Waals surface area contributed by atoms with E-state index in [1.165, 1.54) is 0 Å². The number of hydrogen-bond donors (Lipinski definition) is 0. The maximum Gasteiger partial charge on any atom is 0.233 e. The summed E-state index contributed by atoms with van der Waals surface area (Å²) in [6, 6.07) is 20.5. The molecular weight excluding hydrogens is 304 g/mol. The van der Waals surface area contributed by atoms with Gasteiger partial charge in [0.05, 0.1) is 0 Å². The van der Waals surface area contributed by atoms with Crippen LogP contribution in [0.4, 0.5) is 0 Å². The Morgan fingerprint density at radius 3 is 1.33 bits per heavy atom. The van der Waals surface area contributed by atoms with Crippen LogP contribution in [0.25, 0.3) is 0 Å². The highest BCUT2D eigenvalue weighted by Gasteiger charge is 2.02. The summed E-state index contributed by atoms with van der Waals surface area (Å²) >= 11 is 0. The second-order valence-corrected chi connectivity index (χ2v) is 4.93. The minimum atomic E-state index is 0.468. The minimum absolute atomic E-state index is 0.468. The number of ether oxygens (including phenoxy) is 2. The van der Waals surface area contributed by atoms with Crippen LogP contribution in [0, 0.1) is 0 Å². The lowest BCUT2D eigenvalue weighted by molar-refractivity contribution is 0.460. The fraction of sp³-hybridized carbons (Fsp3) is 0. The Morgan fingerprint density at radius 1 is 0.542 bits per heavy atom. The lowest BCUT2D eigenvalue weighted by Gasteiger charge is -2.09. The topological polar surface area (TPSA) is 52.6 Å². The molecule has 0 saturated carbocycles. The van der Waals surface area contributed by atoms with Crippen LogP contribution in [0.5, 0.6) is 23.0 Å². The van der Waals surface area contributed by atoms with Gasteiger partial charge in [-0.1, -0.05) is 6.07 Å². The van der Waals surface area contributed by atoms with Gasteiger partial charge in [-0.05, 0) is 60.7 Å². The van der Waals surface area contributed by atoms with Crippen LogP contribution in [-0.2, 0) is 9.59 Å². The molecule has 0 aliphatic heterocycles. The van der Waals surface area contributed by atoms with Crippen LogP contribution in [0.15, 0.2) is 72.8 Å². The molecule has 0 aliphatic carbocycles. The maximum absolute atomic E-state index is 10.5. The molecule has 0 amide bonds. The Balaban J connectivity index is 1.72. The Kier molecular flexibility index (Phi) is 4.68. The monoisotopic (exact) mass is 316 g/mol. The summed E-state index contributed by atoms with van der Waals surface area (Å²) in [5.74, 6) is 2.43. The highest BCUT2D eigenvalue weighted by atomic mass is 16.5. The minimum Gasteiger partial charge on any atom is -0.457 e. The van der Waals surface area contributed by atoms with Crippen molar-refractivity contribution in [2.24, 2.45) is 0 Å². The smallest absolute Gasteiger partial charge is 0.233 e. The lowest BCUT2D eigenvalue weighted by Crippen LogP contribution is -1.88. The molecule has 2 radical (unpaired) electrons. The molecule has 3 aromatic rings.